The predicted octanol–water partition coefficient (Wildman–Crippen LogP) is 5.92. The first kappa shape index (κ1) is 25.4. The highest BCUT2D eigenvalue weighted by Crippen LogP contribution is 2.29. The van der Waals surface area contributed by atoms with E-state index in [1.807, 2.05) is 23.6 Å². The van der Waals surface area contributed by atoms with E-state index >= 15 is 0 Å². The number of carbonyl (C=O) groups excluding carboxylic acids is 1. The number of nitro groups is 1. The van der Waals surface area contributed by atoms with Crippen LogP contribution in [0.5, 0.6) is 0 Å². The summed E-state index contributed by atoms with van der Waals surface area (Å²) in [5.41, 5.74) is 3.11. The molecule has 0 fully saturated rings. The van der Waals surface area contributed by atoms with Crippen LogP contribution in [0, 0.1) is 17.0 Å². The molecule has 1 aromatic heterocycles. The zero-order valence-electron chi connectivity index (χ0n) is 19.9. The van der Waals surface area contributed by atoms with Gasteiger partial charge in [-0.3, -0.25) is 19.5 Å². The maximum absolute atomic E-state index is 12.5. The quantitative estimate of drug-likeness (QED) is 0.149. The number of nitro benzene ring substituents is 1. The summed E-state index contributed by atoms with van der Waals surface area (Å²) >= 11 is 1.54. The second kappa shape index (κ2) is 12.3. The van der Waals surface area contributed by atoms with Crippen molar-refractivity contribution in [2.75, 3.05) is 0 Å². The van der Waals surface area contributed by atoms with Crippen LogP contribution >= 0.6 is 11.8 Å². The van der Waals surface area contributed by atoms with Gasteiger partial charge in [0, 0.05) is 30.0 Å². The maximum atomic E-state index is 12.5. The molecule has 0 bridgehead atoms. The molecule has 0 saturated heterocycles. The van der Waals surface area contributed by atoms with Crippen molar-refractivity contribution < 1.29 is 9.72 Å². The largest absolute Gasteiger partial charge is 0.346 e. The lowest BCUT2D eigenvalue weighted by Crippen LogP contribution is -2.28. The van der Waals surface area contributed by atoms with E-state index in [-0.39, 0.29) is 17.6 Å². The third-order valence-electron chi connectivity index (χ3n) is 5.62. The molecule has 0 saturated carbocycles. The number of benzene rings is 2. The Morgan fingerprint density at radius 2 is 1.85 bits per heavy atom. The van der Waals surface area contributed by atoms with Crippen molar-refractivity contribution in [3.8, 4) is 5.69 Å². The smallest absolute Gasteiger partial charge is 0.269 e. The second-order valence-electron chi connectivity index (χ2n) is 8.26. The molecule has 1 heterocycles. The first-order valence-corrected chi connectivity index (χ1v) is 12.6. The molecule has 1 atom stereocenters. The van der Waals surface area contributed by atoms with Gasteiger partial charge in [-0.2, -0.15) is 0 Å². The van der Waals surface area contributed by atoms with E-state index in [9.17, 15) is 14.9 Å². The number of aromatic nitrogens is 3. The third-order valence-corrected chi connectivity index (χ3v) is 6.60. The molecule has 0 aliphatic rings. The Hall–Kier alpha value is -3.20. The number of non-ortho nitro benzene ring substituents is 1. The Kier molecular flexibility index (Phi) is 9.21. The molecule has 3 rings (SSSR count). The van der Waals surface area contributed by atoms with E-state index in [4.69, 9.17) is 0 Å². The summed E-state index contributed by atoms with van der Waals surface area (Å²) < 4.78 is 1.87. The van der Waals surface area contributed by atoms with Crippen molar-refractivity contribution in [3.05, 3.63) is 75.6 Å². The number of carbonyl (C=O) groups is 1. The number of aryl methyl sites for hydroxylation is 1. The highest BCUT2D eigenvalue weighted by molar-refractivity contribution is 7.98. The Bertz CT molecular complexity index is 1110. The summed E-state index contributed by atoms with van der Waals surface area (Å²) in [5.74, 6) is 1.27. The molecular formula is C25H31N5O3S. The zero-order valence-corrected chi connectivity index (χ0v) is 20.7. The van der Waals surface area contributed by atoms with Crippen molar-refractivity contribution in [3.63, 3.8) is 0 Å². The molecule has 3 aromatic rings. The van der Waals surface area contributed by atoms with Gasteiger partial charge in [-0.25, -0.2) is 0 Å². The summed E-state index contributed by atoms with van der Waals surface area (Å²) in [7, 11) is 0. The summed E-state index contributed by atoms with van der Waals surface area (Å²) in [6, 6.07) is 14.1. The van der Waals surface area contributed by atoms with Crippen LogP contribution in [0.2, 0.25) is 0 Å². The van der Waals surface area contributed by atoms with Gasteiger partial charge in [-0.1, -0.05) is 62.2 Å². The molecule has 1 unspecified atom stereocenters. The molecule has 34 heavy (non-hydrogen) atoms. The van der Waals surface area contributed by atoms with Gasteiger partial charge >= 0.3 is 0 Å². The van der Waals surface area contributed by atoms with Crippen LogP contribution in [-0.2, 0) is 10.5 Å². The summed E-state index contributed by atoms with van der Waals surface area (Å²) in [4.78, 5) is 23.1. The SMILES string of the molecule is CCCCCCC(=O)NC(C)c1nnc(SCc2ccccc2C)n1-c1ccc([N+](=O)[O-])cc1. The van der Waals surface area contributed by atoms with E-state index in [0.717, 1.165) is 25.7 Å². The average Bonchev–Trinajstić information content (AvgIpc) is 3.25. The van der Waals surface area contributed by atoms with Gasteiger partial charge in [0.25, 0.3) is 5.69 Å². The number of hydrogen-bond donors (Lipinski definition) is 1. The van der Waals surface area contributed by atoms with Crippen LogP contribution < -0.4 is 5.32 Å². The van der Waals surface area contributed by atoms with Gasteiger partial charge in [0.15, 0.2) is 11.0 Å². The number of amides is 1. The molecule has 0 spiro atoms. The van der Waals surface area contributed by atoms with Crippen molar-refractivity contribution in [2.45, 2.75) is 69.8 Å². The molecule has 8 nitrogen and oxygen atoms in total. The molecule has 1 N–H and O–H groups in total. The van der Waals surface area contributed by atoms with Crippen molar-refractivity contribution >= 4 is 23.4 Å². The van der Waals surface area contributed by atoms with Gasteiger partial charge in [0.05, 0.1) is 11.0 Å². The van der Waals surface area contributed by atoms with Gasteiger partial charge in [-0.05, 0) is 43.5 Å². The monoisotopic (exact) mass is 481 g/mol. The minimum atomic E-state index is -0.425. The fourth-order valence-electron chi connectivity index (χ4n) is 3.63. The summed E-state index contributed by atoms with van der Waals surface area (Å²) in [5, 5.41) is 23.6. The predicted molar refractivity (Wildman–Crippen MR) is 134 cm³/mol. The minimum absolute atomic E-state index is 0.0147. The van der Waals surface area contributed by atoms with Crippen LogP contribution in [0.25, 0.3) is 5.69 Å². The fourth-order valence-corrected chi connectivity index (χ4v) is 4.66. The second-order valence-corrected chi connectivity index (χ2v) is 9.21. The molecule has 0 aliphatic heterocycles. The topological polar surface area (TPSA) is 103 Å². The Labute approximate surface area is 204 Å². The number of nitrogens with one attached hydrogen (secondary N) is 1. The maximum Gasteiger partial charge on any atom is 0.269 e. The number of unbranched alkanes of at least 4 members (excludes halogenated alkanes) is 3. The van der Waals surface area contributed by atoms with E-state index < -0.39 is 4.92 Å². The highest BCUT2D eigenvalue weighted by atomic mass is 32.2. The lowest BCUT2D eigenvalue weighted by atomic mass is 10.1. The number of rotatable bonds is 12. The molecule has 1 amide bonds. The van der Waals surface area contributed by atoms with Crippen LogP contribution in [0.3, 0.4) is 0 Å². The van der Waals surface area contributed by atoms with Crippen molar-refractivity contribution in [2.24, 2.45) is 0 Å². The van der Waals surface area contributed by atoms with Gasteiger partial charge in [-0.15, -0.1) is 10.2 Å². The molecule has 9 heteroatoms. The Morgan fingerprint density at radius 3 is 2.53 bits per heavy atom. The Morgan fingerprint density at radius 1 is 1.12 bits per heavy atom. The number of hydrogen-bond acceptors (Lipinski definition) is 6. The van der Waals surface area contributed by atoms with Crippen LogP contribution in [0.1, 0.15) is 68.9 Å². The van der Waals surface area contributed by atoms with Crippen LogP contribution in [-0.4, -0.2) is 25.6 Å². The molecular weight excluding hydrogens is 450 g/mol. The molecule has 180 valence electrons. The number of nitrogens with zero attached hydrogens (tertiary/aromatic N) is 4. The minimum Gasteiger partial charge on any atom is -0.346 e. The fraction of sp³-hybridized carbons (Fsp3) is 0.400. The normalized spacial score (nSPS) is 11.9. The first-order chi connectivity index (χ1) is 16.4. The standard InChI is InChI=1S/C25H31N5O3S/c1-4-5-6-7-12-23(31)26-19(3)24-27-28-25(34-17-20-11-9-8-10-18(20)2)29(24)21-13-15-22(16-14-21)30(32)33/h8-11,13-16,19H,4-7,12,17H2,1-3H3,(H,26,31). The van der Waals surface area contributed by atoms with Gasteiger partial charge in [0.1, 0.15) is 0 Å². The zero-order chi connectivity index (χ0) is 24.5. The van der Waals surface area contributed by atoms with E-state index in [0.29, 0.717) is 28.8 Å². The highest BCUT2D eigenvalue weighted by Gasteiger charge is 2.21. The van der Waals surface area contributed by atoms with Crippen molar-refractivity contribution in [1.29, 1.82) is 0 Å². The molecule has 2 aromatic carbocycles. The lowest BCUT2D eigenvalue weighted by Gasteiger charge is -2.16. The average molecular weight is 482 g/mol. The van der Waals surface area contributed by atoms with E-state index in [1.165, 1.54) is 35.0 Å². The van der Waals surface area contributed by atoms with E-state index in [1.54, 1.807) is 12.1 Å². The number of thioether (sulfide) groups is 1. The lowest BCUT2D eigenvalue weighted by molar-refractivity contribution is -0.384. The van der Waals surface area contributed by atoms with Gasteiger partial charge in [0.2, 0.25) is 5.91 Å². The summed E-state index contributed by atoms with van der Waals surface area (Å²) in [6.45, 7) is 6.09. The third kappa shape index (κ3) is 6.66. The van der Waals surface area contributed by atoms with Crippen LogP contribution in [0.15, 0.2) is 53.7 Å². The molecule has 0 radical (unpaired) electrons. The molecule has 0 aliphatic carbocycles. The van der Waals surface area contributed by atoms with Gasteiger partial charge < -0.3 is 5.32 Å². The Balaban J connectivity index is 1.84. The summed E-state index contributed by atoms with van der Waals surface area (Å²) in [6.07, 6.45) is 4.62. The van der Waals surface area contributed by atoms with Crippen LogP contribution in [0.4, 0.5) is 5.69 Å². The van der Waals surface area contributed by atoms with Crippen molar-refractivity contribution in [1.82, 2.24) is 20.1 Å². The van der Waals surface area contributed by atoms with E-state index in [2.05, 4.69) is 41.5 Å². The first-order valence-electron chi connectivity index (χ1n) is 11.6.